The standard InChI is InChI=1S/C20H21Cl3N2O5S/c1-4-30-17(27)14-11(2)15(18(28)29-3)31-16(14)25-19(20(21,22)23)24-13(26)10-12-8-6-5-7-9-12/h5-9,19,25H,4,10H2,1-3H3,(H,24,26)/t19-/m0/s1. The zero-order valence-electron chi connectivity index (χ0n) is 17.0. The molecule has 2 aromatic rings. The van der Waals surface area contributed by atoms with Gasteiger partial charge in [0.05, 0.1) is 25.7 Å². The molecule has 31 heavy (non-hydrogen) atoms. The average molecular weight is 508 g/mol. The van der Waals surface area contributed by atoms with Crippen LogP contribution >= 0.6 is 46.1 Å². The first-order valence-electron chi connectivity index (χ1n) is 9.13. The van der Waals surface area contributed by atoms with Crippen LogP contribution in [0.1, 0.15) is 38.1 Å². The maximum atomic E-state index is 12.5. The smallest absolute Gasteiger partial charge is 0.348 e. The maximum Gasteiger partial charge on any atom is 0.348 e. The van der Waals surface area contributed by atoms with Gasteiger partial charge in [-0.05, 0) is 25.0 Å². The summed E-state index contributed by atoms with van der Waals surface area (Å²) in [7, 11) is 1.23. The third kappa shape index (κ3) is 6.74. The van der Waals surface area contributed by atoms with Gasteiger partial charge in [-0.3, -0.25) is 4.79 Å². The van der Waals surface area contributed by atoms with E-state index >= 15 is 0 Å². The first kappa shape index (κ1) is 25.3. The summed E-state index contributed by atoms with van der Waals surface area (Å²) in [5.41, 5.74) is 1.23. The number of nitrogens with one attached hydrogen (secondary N) is 2. The lowest BCUT2D eigenvalue weighted by atomic mass is 10.1. The molecule has 0 aliphatic rings. The number of esters is 2. The van der Waals surface area contributed by atoms with Crippen molar-refractivity contribution in [3.8, 4) is 0 Å². The van der Waals surface area contributed by atoms with Crippen molar-refractivity contribution in [1.82, 2.24) is 5.32 Å². The summed E-state index contributed by atoms with van der Waals surface area (Å²) in [5, 5.41) is 5.68. The SMILES string of the molecule is CCOC(=O)c1c(N[C@H](NC(=O)Cc2ccccc2)C(Cl)(Cl)Cl)sc(C(=O)OC)c1C. The highest BCUT2D eigenvalue weighted by Crippen LogP contribution is 2.38. The van der Waals surface area contributed by atoms with Crippen LogP contribution in [0.2, 0.25) is 0 Å². The fraction of sp³-hybridized carbons (Fsp3) is 0.350. The van der Waals surface area contributed by atoms with E-state index in [1.807, 2.05) is 18.2 Å². The van der Waals surface area contributed by atoms with E-state index in [1.54, 1.807) is 26.0 Å². The molecule has 0 spiro atoms. The molecule has 0 unspecified atom stereocenters. The molecule has 2 N–H and O–H groups in total. The summed E-state index contributed by atoms with van der Waals surface area (Å²) in [6, 6.07) is 9.04. The fourth-order valence-electron chi connectivity index (χ4n) is 2.68. The zero-order chi connectivity index (χ0) is 23.2. The Morgan fingerprint density at radius 1 is 1.13 bits per heavy atom. The lowest BCUT2D eigenvalue weighted by molar-refractivity contribution is -0.120. The van der Waals surface area contributed by atoms with E-state index in [-0.39, 0.29) is 28.5 Å². The van der Waals surface area contributed by atoms with Crippen LogP contribution in [0.15, 0.2) is 30.3 Å². The Bertz CT molecular complexity index is 944. The van der Waals surface area contributed by atoms with Crippen molar-refractivity contribution in [1.29, 1.82) is 0 Å². The van der Waals surface area contributed by atoms with Gasteiger partial charge in [0.2, 0.25) is 9.70 Å². The molecule has 0 saturated heterocycles. The minimum atomic E-state index is -1.97. The van der Waals surface area contributed by atoms with Crippen molar-refractivity contribution in [2.45, 2.75) is 30.2 Å². The largest absolute Gasteiger partial charge is 0.465 e. The van der Waals surface area contributed by atoms with Gasteiger partial charge in [0.1, 0.15) is 16.0 Å². The van der Waals surface area contributed by atoms with Crippen molar-refractivity contribution >= 4 is 69.0 Å². The summed E-state index contributed by atoms with van der Waals surface area (Å²) in [6.45, 7) is 3.36. The number of alkyl halides is 3. The molecule has 1 heterocycles. The van der Waals surface area contributed by atoms with Gasteiger partial charge in [0.15, 0.2) is 0 Å². The average Bonchev–Trinajstić information content (AvgIpc) is 3.03. The second-order valence-corrected chi connectivity index (χ2v) is 9.71. The number of thiophene rings is 1. The van der Waals surface area contributed by atoms with E-state index in [4.69, 9.17) is 44.3 Å². The molecule has 0 aliphatic carbocycles. The summed E-state index contributed by atoms with van der Waals surface area (Å²) >= 11 is 19.2. The number of amides is 1. The van der Waals surface area contributed by atoms with Gasteiger partial charge >= 0.3 is 11.9 Å². The van der Waals surface area contributed by atoms with Crippen LogP contribution in [-0.4, -0.2) is 41.5 Å². The molecule has 0 bridgehead atoms. The molecular weight excluding hydrogens is 487 g/mol. The van der Waals surface area contributed by atoms with E-state index < -0.39 is 27.8 Å². The number of ether oxygens (including phenoxy) is 2. The molecule has 0 aliphatic heterocycles. The van der Waals surface area contributed by atoms with Crippen molar-refractivity contribution in [3.05, 3.63) is 51.9 Å². The minimum Gasteiger partial charge on any atom is -0.465 e. The summed E-state index contributed by atoms with van der Waals surface area (Å²) in [5.74, 6) is -1.69. The van der Waals surface area contributed by atoms with Crippen molar-refractivity contribution in [2.75, 3.05) is 19.0 Å². The molecule has 1 aromatic carbocycles. The van der Waals surface area contributed by atoms with Gasteiger partial charge in [0.25, 0.3) is 0 Å². The van der Waals surface area contributed by atoms with Crippen LogP contribution in [0.4, 0.5) is 5.00 Å². The molecule has 0 fully saturated rings. The molecule has 2 rings (SSSR count). The third-order valence-corrected chi connectivity index (χ3v) is 5.97. The lowest BCUT2D eigenvalue weighted by Crippen LogP contribution is -2.49. The van der Waals surface area contributed by atoms with Gasteiger partial charge in [-0.2, -0.15) is 0 Å². The second-order valence-electron chi connectivity index (χ2n) is 6.32. The summed E-state index contributed by atoms with van der Waals surface area (Å²) in [4.78, 5) is 37.3. The number of rotatable bonds is 8. The highest BCUT2D eigenvalue weighted by Gasteiger charge is 2.36. The number of carbonyl (C=O) groups excluding carboxylic acids is 3. The number of halogens is 3. The van der Waals surface area contributed by atoms with Gasteiger partial charge < -0.3 is 20.1 Å². The molecule has 7 nitrogen and oxygen atoms in total. The van der Waals surface area contributed by atoms with E-state index in [0.717, 1.165) is 16.9 Å². The zero-order valence-corrected chi connectivity index (χ0v) is 20.0. The lowest BCUT2D eigenvalue weighted by Gasteiger charge is -2.27. The molecular formula is C20H21Cl3N2O5S. The first-order chi connectivity index (χ1) is 14.6. The molecule has 1 amide bonds. The number of hydrogen-bond acceptors (Lipinski definition) is 7. The van der Waals surface area contributed by atoms with Gasteiger partial charge in [-0.1, -0.05) is 65.1 Å². The van der Waals surface area contributed by atoms with E-state index in [9.17, 15) is 14.4 Å². The first-order valence-corrected chi connectivity index (χ1v) is 11.1. The molecule has 0 saturated carbocycles. The van der Waals surface area contributed by atoms with Crippen LogP contribution in [0.25, 0.3) is 0 Å². The Kier molecular flexibility index (Phi) is 9.00. The molecule has 11 heteroatoms. The van der Waals surface area contributed by atoms with E-state index in [1.165, 1.54) is 7.11 Å². The quantitative estimate of drug-likeness (QED) is 0.311. The highest BCUT2D eigenvalue weighted by molar-refractivity contribution is 7.18. The second kappa shape index (κ2) is 11.0. The predicted molar refractivity (Wildman–Crippen MR) is 122 cm³/mol. The Hall–Kier alpha value is -2.00. The molecule has 1 atom stereocenters. The molecule has 168 valence electrons. The highest BCUT2D eigenvalue weighted by atomic mass is 35.6. The van der Waals surface area contributed by atoms with Crippen molar-refractivity contribution in [2.24, 2.45) is 0 Å². The Morgan fingerprint density at radius 2 is 1.77 bits per heavy atom. The van der Waals surface area contributed by atoms with E-state index in [0.29, 0.717) is 5.56 Å². The Balaban J connectivity index is 2.34. The fourth-order valence-corrected chi connectivity index (χ4v) is 4.14. The summed E-state index contributed by atoms with van der Waals surface area (Å²) in [6.07, 6.45) is -1.15. The number of anilines is 1. The number of carbonyl (C=O) groups is 3. The summed E-state index contributed by atoms with van der Waals surface area (Å²) < 4.78 is 7.89. The van der Waals surface area contributed by atoms with Gasteiger partial charge in [-0.15, -0.1) is 11.3 Å². The van der Waals surface area contributed by atoms with E-state index in [2.05, 4.69) is 10.6 Å². The number of methoxy groups -OCH3 is 1. The number of benzene rings is 1. The van der Waals surface area contributed by atoms with Crippen LogP contribution in [0.5, 0.6) is 0 Å². The van der Waals surface area contributed by atoms with Crippen LogP contribution < -0.4 is 10.6 Å². The van der Waals surface area contributed by atoms with Crippen LogP contribution in [0, 0.1) is 6.92 Å². The number of hydrogen-bond donors (Lipinski definition) is 2. The monoisotopic (exact) mass is 506 g/mol. The van der Waals surface area contributed by atoms with Crippen LogP contribution in [-0.2, 0) is 20.7 Å². The maximum absolute atomic E-state index is 12.5. The van der Waals surface area contributed by atoms with Crippen LogP contribution in [0.3, 0.4) is 0 Å². The van der Waals surface area contributed by atoms with Crippen molar-refractivity contribution in [3.63, 3.8) is 0 Å². The third-order valence-electron chi connectivity index (χ3n) is 4.11. The molecule has 1 aromatic heterocycles. The topological polar surface area (TPSA) is 93.7 Å². The Morgan fingerprint density at radius 3 is 2.32 bits per heavy atom. The van der Waals surface area contributed by atoms with Gasteiger partial charge in [-0.25, -0.2) is 9.59 Å². The predicted octanol–water partition coefficient (Wildman–Crippen LogP) is 4.49. The minimum absolute atomic E-state index is 0.0569. The van der Waals surface area contributed by atoms with Crippen molar-refractivity contribution < 1.29 is 23.9 Å². The Labute approximate surface area is 198 Å². The van der Waals surface area contributed by atoms with Gasteiger partial charge in [0, 0.05) is 0 Å². The molecule has 0 radical (unpaired) electrons. The normalized spacial score (nSPS) is 12.1.